The normalized spacial score (nSPS) is 10.0. The van der Waals surface area contributed by atoms with Gasteiger partial charge in [-0.3, -0.25) is 4.79 Å². The molecule has 118 valence electrons. The van der Waals surface area contributed by atoms with E-state index >= 15 is 0 Å². The van der Waals surface area contributed by atoms with Crippen LogP contribution < -0.4 is 9.47 Å². The first-order valence-corrected chi connectivity index (χ1v) is 7.61. The quantitative estimate of drug-likeness (QED) is 0.592. The molecule has 0 atom stereocenters. The number of nitrogens with zero attached hydrogens (tertiary/aromatic N) is 1. The van der Waals surface area contributed by atoms with Crippen molar-refractivity contribution in [2.24, 2.45) is 0 Å². The highest BCUT2D eigenvalue weighted by atomic mass is 35.5. The Morgan fingerprint density at radius 1 is 1.17 bits per heavy atom. The molecule has 0 aliphatic heterocycles. The van der Waals surface area contributed by atoms with E-state index in [1.807, 2.05) is 6.07 Å². The lowest BCUT2D eigenvalue weighted by Crippen LogP contribution is -2.13. The molecule has 0 heterocycles. The lowest BCUT2D eigenvalue weighted by molar-refractivity contribution is -0.133. The topological polar surface area (TPSA) is 59.3 Å². The van der Waals surface area contributed by atoms with Gasteiger partial charge in [0.1, 0.15) is 0 Å². The first-order chi connectivity index (χ1) is 11.0. The zero-order chi connectivity index (χ0) is 16.8. The molecule has 0 saturated heterocycles. The molecule has 0 aromatic heterocycles. The maximum atomic E-state index is 12.1. The summed E-state index contributed by atoms with van der Waals surface area (Å²) >= 11 is 12.1. The van der Waals surface area contributed by atoms with Gasteiger partial charge in [-0.2, -0.15) is 5.26 Å². The van der Waals surface area contributed by atoms with Gasteiger partial charge in [0.05, 0.1) is 24.7 Å². The number of rotatable bonds is 5. The molecule has 0 saturated carbocycles. The van der Waals surface area contributed by atoms with Crippen LogP contribution in [-0.2, 0) is 11.2 Å². The van der Waals surface area contributed by atoms with Crippen LogP contribution in [0.15, 0.2) is 36.4 Å². The highest BCUT2D eigenvalue weighted by Gasteiger charge is 2.15. The Hall–Kier alpha value is -2.22. The predicted octanol–water partition coefficient (Wildman–Crippen LogP) is 4.41. The van der Waals surface area contributed by atoms with E-state index in [0.29, 0.717) is 33.5 Å². The summed E-state index contributed by atoms with van der Waals surface area (Å²) in [5.41, 5.74) is 0.926. The van der Waals surface area contributed by atoms with Gasteiger partial charge in [0.15, 0.2) is 11.5 Å². The van der Waals surface area contributed by atoms with Crippen molar-refractivity contribution in [3.63, 3.8) is 0 Å². The Balaban J connectivity index is 2.19. The summed E-state index contributed by atoms with van der Waals surface area (Å²) in [6.45, 7) is 2.18. The Bertz CT molecular complexity index is 749. The highest BCUT2D eigenvalue weighted by Crippen LogP contribution is 2.30. The predicted molar refractivity (Wildman–Crippen MR) is 88.1 cm³/mol. The van der Waals surface area contributed by atoms with E-state index in [4.69, 9.17) is 37.9 Å². The van der Waals surface area contributed by atoms with E-state index in [9.17, 15) is 4.79 Å². The van der Waals surface area contributed by atoms with Crippen LogP contribution in [0.2, 0.25) is 10.0 Å². The summed E-state index contributed by atoms with van der Waals surface area (Å²) in [6, 6.07) is 11.6. The van der Waals surface area contributed by atoms with E-state index in [1.54, 1.807) is 31.2 Å². The van der Waals surface area contributed by atoms with Gasteiger partial charge in [-0.15, -0.1) is 0 Å². The molecule has 0 radical (unpaired) electrons. The fraction of sp³-hybridized carbons (Fsp3) is 0.176. The van der Waals surface area contributed by atoms with Crippen LogP contribution in [0, 0.1) is 11.3 Å². The first-order valence-electron chi connectivity index (χ1n) is 6.85. The molecule has 0 aliphatic carbocycles. The van der Waals surface area contributed by atoms with Crippen molar-refractivity contribution in [3.8, 4) is 17.6 Å². The van der Waals surface area contributed by atoms with Gasteiger partial charge >= 0.3 is 5.97 Å². The van der Waals surface area contributed by atoms with Gasteiger partial charge in [-0.25, -0.2) is 0 Å². The molecule has 4 nitrogen and oxygen atoms in total. The molecule has 0 N–H and O–H groups in total. The van der Waals surface area contributed by atoms with Crippen molar-refractivity contribution >= 4 is 29.2 Å². The van der Waals surface area contributed by atoms with Crippen molar-refractivity contribution in [2.45, 2.75) is 13.3 Å². The van der Waals surface area contributed by atoms with Gasteiger partial charge in [-0.05, 0) is 31.2 Å². The molecule has 0 amide bonds. The largest absolute Gasteiger partial charge is 0.490 e. The third-order valence-corrected chi connectivity index (χ3v) is 3.69. The third kappa shape index (κ3) is 4.38. The molecule has 0 spiro atoms. The minimum Gasteiger partial charge on any atom is -0.490 e. The van der Waals surface area contributed by atoms with Gasteiger partial charge in [0, 0.05) is 21.7 Å². The molecule has 6 heteroatoms. The number of carbonyl (C=O) groups is 1. The summed E-state index contributed by atoms with van der Waals surface area (Å²) in [7, 11) is 0. The average molecular weight is 350 g/mol. The van der Waals surface area contributed by atoms with Crippen LogP contribution in [-0.4, -0.2) is 12.6 Å². The Kier molecular flexibility index (Phi) is 5.86. The van der Waals surface area contributed by atoms with Crippen LogP contribution >= 0.6 is 23.2 Å². The zero-order valence-corrected chi connectivity index (χ0v) is 13.8. The lowest BCUT2D eigenvalue weighted by atomic mass is 10.1. The van der Waals surface area contributed by atoms with Crippen molar-refractivity contribution in [3.05, 3.63) is 57.6 Å². The van der Waals surface area contributed by atoms with E-state index in [1.165, 1.54) is 12.1 Å². The molecule has 0 aliphatic rings. The molecule has 2 rings (SSSR count). The summed E-state index contributed by atoms with van der Waals surface area (Å²) in [5, 5.41) is 9.72. The molecular weight excluding hydrogens is 337 g/mol. The fourth-order valence-corrected chi connectivity index (χ4v) is 2.47. The molecule has 2 aromatic rings. The standard InChI is InChI=1S/C17H13Cl2NO3/c1-2-22-16-8-11(10-20)6-7-15(16)23-17(21)9-12-13(18)4-3-5-14(12)19/h3-8H,2,9H2,1H3. The van der Waals surface area contributed by atoms with Crippen molar-refractivity contribution in [1.29, 1.82) is 5.26 Å². The van der Waals surface area contributed by atoms with Crippen LogP contribution in [0.4, 0.5) is 0 Å². The Morgan fingerprint density at radius 3 is 2.48 bits per heavy atom. The number of halogens is 2. The summed E-state index contributed by atoms with van der Waals surface area (Å²) < 4.78 is 10.7. The maximum absolute atomic E-state index is 12.1. The fourth-order valence-electron chi connectivity index (χ4n) is 1.93. The smallest absolute Gasteiger partial charge is 0.315 e. The molecule has 0 bridgehead atoms. The number of hydrogen-bond acceptors (Lipinski definition) is 4. The molecule has 0 unspecified atom stereocenters. The summed E-state index contributed by atoms with van der Waals surface area (Å²) in [6.07, 6.45) is -0.0654. The number of hydrogen-bond donors (Lipinski definition) is 0. The maximum Gasteiger partial charge on any atom is 0.315 e. The van der Waals surface area contributed by atoms with Gasteiger partial charge in [-0.1, -0.05) is 29.3 Å². The van der Waals surface area contributed by atoms with Crippen LogP contribution in [0.25, 0.3) is 0 Å². The van der Waals surface area contributed by atoms with E-state index < -0.39 is 5.97 Å². The van der Waals surface area contributed by atoms with Gasteiger partial charge < -0.3 is 9.47 Å². The molecule has 0 fully saturated rings. The summed E-state index contributed by atoms with van der Waals surface area (Å²) in [4.78, 5) is 12.1. The highest BCUT2D eigenvalue weighted by molar-refractivity contribution is 6.36. The Labute approximate surface area is 144 Å². The monoisotopic (exact) mass is 349 g/mol. The number of carbonyl (C=O) groups excluding carboxylic acids is 1. The second-order valence-electron chi connectivity index (χ2n) is 4.56. The summed E-state index contributed by atoms with van der Waals surface area (Å²) in [5.74, 6) is 0.0647. The minimum absolute atomic E-state index is 0.0654. The van der Waals surface area contributed by atoms with E-state index in [0.717, 1.165) is 0 Å². The molecular formula is C17H13Cl2NO3. The van der Waals surface area contributed by atoms with Crippen molar-refractivity contribution < 1.29 is 14.3 Å². The Morgan fingerprint density at radius 2 is 1.87 bits per heavy atom. The average Bonchev–Trinajstić information content (AvgIpc) is 2.53. The van der Waals surface area contributed by atoms with Crippen LogP contribution in [0.1, 0.15) is 18.1 Å². The van der Waals surface area contributed by atoms with Crippen LogP contribution in [0.3, 0.4) is 0 Å². The third-order valence-electron chi connectivity index (χ3n) is 2.98. The van der Waals surface area contributed by atoms with Crippen molar-refractivity contribution in [2.75, 3.05) is 6.61 Å². The van der Waals surface area contributed by atoms with Gasteiger partial charge in [0.25, 0.3) is 0 Å². The lowest BCUT2D eigenvalue weighted by Gasteiger charge is -2.11. The van der Waals surface area contributed by atoms with E-state index in [-0.39, 0.29) is 12.2 Å². The second kappa shape index (κ2) is 7.87. The van der Waals surface area contributed by atoms with Crippen LogP contribution in [0.5, 0.6) is 11.5 Å². The minimum atomic E-state index is -0.523. The van der Waals surface area contributed by atoms with Crippen molar-refractivity contribution in [1.82, 2.24) is 0 Å². The second-order valence-corrected chi connectivity index (χ2v) is 5.37. The SMILES string of the molecule is CCOc1cc(C#N)ccc1OC(=O)Cc1c(Cl)cccc1Cl. The zero-order valence-electron chi connectivity index (χ0n) is 12.3. The van der Waals surface area contributed by atoms with Gasteiger partial charge in [0.2, 0.25) is 0 Å². The molecule has 23 heavy (non-hydrogen) atoms. The number of benzene rings is 2. The molecule has 2 aromatic carbocycles. The number of esters is 1. The first kappa shape index (κ1) is 17.1. The number of nitriles is 1. The number of ether oxygens (including phenoxy) is 2. The van der Waals surface area contributed by atoms with E-state index in [2.05, 4.69) is 0 Å².